The number of fused-ring (bicyclic) bond motifs is 2. The van der Waals surface area contributed by atoms with Gasteiger partial charge in [0, 0.05) is 24.5 Å². The van der Waals surface area contributed by atoms with Crippen molar-refractivity contribution in [2.75, 3.05) is 39.2 Å². The molecule has 16 heteroatoms. The van der Waals surface area contributed by atoms with Gasteiger partial charge in [-0.15, -0.1) is 4.99 Å². The van der Waals surface area contributed by atoms with E-state index < -0.39 is 30.2 Å². The number of esters is 1. The maximum atomic E-state index is 13.3. The number of imidazole rings is 1. The van der Waals surface area contributed by atoms with Crippen LogP contribution in [0, 0.1) is 11.8 Å². The second-order valence-corrected chi connectivity index (χ2v) is 13.3. The number of amides is 3. The van der Waals surface area contributed by atoms with Crippen LogP contribution in [0.25, 0.3) is 10.4 Å². The largest absolute Gasteiger partial charge is 0.457 e. The zero-order chi connectivity index (χ0) is 34.7. The number of thiazole rings is 1. The third-order valence-corrected chi connectivity index (χ3v) is 10.5. The highest BCUT2D eigenvalue weighted by Crippen LogP contribution is 2.52. The Balaban J connectivity index is 1.44. The molecule has 5 rings (SSSR count). The number of likely N-dealkylation sites (tertiary alicyclic amines) is 1. The molecule has 0 unspecified atom stereocenters. The highest BCUT2D eigenvalue weighted by molar-refractivity contribution is 7.98. The summed E-state index contributed by atoms with van der Waals surface area (Å²) >= 11 is 3.07. The number of carbonyl (C=O) groups excluding carboxylic acids is 4. The van der Waals surface area contributed by atoms with Crippen LogP contribution in [0.1, 0.15) is 31.2 Å². The van der Waals surface area contributed by atoms with Gasteiger partial charge in [0.2, 0.25) is 21.7 Å². The number of hydrogen-bond donors (Lipinski definition) is 2. The second-order valence-electron chi connectivity index (χ2n) is 11.4. The number of aliphatic hydroxyl groups excluding tert-OH is 1. The standard InChI is InChI=1S/C32H38N6O8S2/c1-7-12-44-29(41)25-22(18(4)24-23(19(5)39)26(40)38(24)25)21-16-36-17-37(28(47-6)27(36)48-21)20-10-11-35(15-20)30(33-31(42)45-13-8-2)34-32(43)46-14-9-3/h7-9,16-20,23-24,39H,1-3,10-15H2,4-6H3/p+1/t18-,19+,20-,23+,24+/m0/s1. The molecular weight excluding hydrogens is 661 g/mol. The predicted molar refractivity (Wildman–Crippen MR) is 179 cm³/mol. The second kappa shape index (κ2) is 14.8. The van der Waals surface area contributed by atoms with Crippen LogP contribution in [-0.4, -0.2) is 101 Å². The fourth-order valence-corrected chi connectivity index (χ4v) is 8.65. The molecule has 48 heavy (non-hydrogen) atoms. The van der Waals surface area contributed by atoms with Crippen LogP contribution < -0.4 is 9.88 Å². The summed E-state index contributed by atoms with van der Waals surface area (Å²) in [4.78, 5) is 60.1. The van der Waals surface area contributed by atoms with E-state index in [1.165, 1.54) is 34.5 Å². The number of rotatable bonds is 11. The van der Waals surface area contributed by atoms with Crippen molar-refractivity contribution < 1.29 is 43.1 Å². The number of guanidine groups is 1. The first-order chi connectivity index (χ1) is 23.1. The smallest absolute Gasteiger partial charge is 0.437 e. The summed E-state index contributed by atoms with van der Waals surface area (Å²) < 4.78 is 19.6. The zero-order valence-corrected chi connectivity index (χ0v) is 28.6. The first kappa shape index (κ1) is 34.9. The van der Waals surface area contributed by atoms with Crippen LogP contribution in [-0.2, 0) is 23.8 Å². The molecule has 256 valence electrons. The summed E-state index contributed by atoms with van der Waals surface area (Å²) in [5.41, 5.74) is 0.923. The molecule has 3 aliphatic rings. The van der Waals surface area contributed by atoms with E-state index in [-0.39, 0.29) is 55.4 Å². The first-order valence-corrected chi connectivity index (χ1v) is 17.4. The lowest BCUT2D eigenvalue weighted by Gasteiger charge is -2.46. The van der Waals surface area contributed by atoms with Crippen LogP contribution in [0.4, 0.5) is 9.59 Å². The van der Waals surface area contributed by atoms with Gasteiger partial charge in [-0.3, -0.25) is 10.1 Å². The van der Waals surface area contributed by atoms with E-state index in [0.29, 0.717) is 25.1 Å². The Kier molecular flexibility index (Phi) is 10.8. The molecule has 0 radical (unpaired) electrons. The van der Waals surface area contributed by atoms with Gasteiger partial charge in [0.25, 0.3) is 6.33 Å². The lowest BCUT2D eigenvalue weighted by molar-refractivity contribution is -0.751. The van der Waals surface area contributed by atoms with Crippen molar-refractivity contribution in [3.8, 4) is 0 Å². The van der Waals surface area contributed by atoms with Crippen molar-refractivity contribution in [3.05, 3.63) is 61.1 Å². The van der Waals surface area contributed by atoms with Crippen molar-refractivity contribution >= 4 is 63.5 Å². The highest BCUT2D eigenvalue weighted by atomic mass is 32.2. The summed E-state index contributed by atoms with van der Waals surface area (Å²) in [7, 11) is 0. The number of aliphatic hydroxyl groups is 1. The lowest BCUT2D eigenvalue weighted by atomic mass is 9.77. The molecule has 0 aromatic carbocycles. The van der Waals surface area contributed by atoms with E-state index in [0.717, 1.165) is 14.7 Å². The number of ether oxygens (including phenoxy) is 3. The number of alkyl carbamates (subject to hydrolysis) is 1. The average Bonchev–Trinajstić information content (AvgIpc) is 3.81. The summed E-state index contributed by atoms with van der Waals surface area (Å²) in [5, 5.41) is 13.9. The molecule has 2 saturated heterocycles. The zero-order valence-electron chi connectivity index (χ0n) is 27.0. The van der Waals surface area contributed by atoms with Gasteiger partial charge >= 0.3 is 18.2 Å². The van der Waals surface area contributed by atoms with E-state index >= 15 is 0 Å². The fraction of sp³-hybridized carbons (Fsp3) is 0.438. The van der Waals surface area contributed by atoms with E-state index in [1.807, 2.05) is 30.1 Å². The lowest BCUT2D eigenvalue weighted by Crippen LogP contribution is -2.63. The van der Waals surface area contributed by atoms with Crippen molar-refractivity contribution in [2.24, 2.45) is 16.8 Å². The topological polar surface area (TPSA) is 155 Å². The molecule has 5 heterocycles. The van der Waals surface area contributed by atoms with Crippen LogP contribution in [0.2, 0.25) is 0 Å². The number of aliphatic imine (C=N–C) groups is 1. The molecule has 0 bridgehead atoms. The summed E-state index contributed by atoms with van der Waals surface area (Å²) in [6, 6.07) is -0.383. The van der Waals surface area contributed by atoms with Crippen LogP contribution in [0.15, 0.2) is 66.2 Å². The quantitative estimate of drug-likeness (QED) is 0.0523. The number of nitrogens with zero attached hydrogens (tertiary/aromatic N) is 5. The van der Waals surface area contributed by atoms with Gasteiger partial charge in [0.1, 0.15) is 37.8 Å². The monoisotopic (exact) mass is 699 g/mol. The Morgan fingerprint density at radius 3 is 2.54 bits per heavy atom. The maximum Gasteiger partial charge on any atom is 0.437 e. The van der Waals surface area contributed by atoms with E-state index in [9.17, 15) is 24.3 Å². The van der Waals surface area contributed by atoms with Gasteiger partial charge in [0.05, 0.1) is 29.5 Å². The van der Waals surface area contributed by atoms with Crippen LogP contribution >= 0.6 is 23.1 Å². The molecule has 3 amide bonds. The van der Waals surface area contributed by atoms with Crippen LogP contribution in [0.5, 0.6) is 0 Å². The molecule has 2 fully saturated rings. The van der Waals surface area contributed by atoms with Gasteiger partial charge in [-0.2, -0.15) is 4.40 Å². The molecule has 3 aliphatic heterocycles. The molecule has 2 aromatic rings. The normalized spacial score (nSPS) is 22.7. The number of nitrogens with one attached hydrogen (secondary N) is 1. The van der Waals surface area contributed by atoms with Crippen molar-refractivity contribution in [3.63, 3.8) is 0 Å². The minimum absolute atomic E-state index is 0.00567. The molecule has 2 N–H and O–H groups in total. The van der Waals surface area contributed by atoms with Gasteiger partial charge in [-0.1, -0.05) is 68.0 Å². The molecule has 0 saturated carbocycles. The Morgan fingerprint density at radius 2 is 1.88 bits per heavy atom. The number of β-lactam (4-membered cyclic amide) rings is 1. The molecule has 0 spiro atoms. The van der Waals surface area contributed by atoms with Crippen molar-refractivity contribution in [1.29, 1.82) is 0 Å². The minimum atomic E-state index is -0.874. The number of carbonyl (C=O) groups is 4. The molecule has 5 atom stereocenters. The first-order valence-electron chi connectivity index (χ1n) is 15.3. The van der Waals surface area contributed by atoms with Gasteiger partial charge in [-0.05, 0) is 13.2 Å². The molecular formula is C32H39N6O8S2+. The predicted octanol–water partition coefficient (Wildman–Crippen LogP) is 3.15. The fourth-order valence-electron chi connectivity index (χ4n) is 6.42. The summed E-state index contributed by atoms with van der Waals surface area (Å²) in [6.45, 7) is 15.1. The summed E-state index contributed by atoms with van der Waals surface area (Å²) in [6.07, 6.45) is 8.41. The Labute approximate surface area is 286 Å². The Hall–Kier alpha value is -4.41. The number of hydrogen-bond acceptors (Lipinski definition) is 10. The third-order valence-electron chi connectivity index (χ3n) is 8.44. The minimum Gasteiger partial charge on any atom is -0.457 e. The number of aromatic nitrogens is 2. The molecule has 2 aromatic heterocycles. The highest BCUT2D eigenvalue weighted by Gasteiger charge is 2.60. The SMILES string of the molecule is C=CCOC(=O)N=C(NC(=O)OCC=C)N1CC[C@H]([n+]2cn3cc(C4=C(C(=O)OCC=C)N5C(=O)[C@H]([C@@H](C)O)[C@H]5[C@H]4C)sc3c2SC)C1. The maximum absolute atomic E-state index is 13.3. The van der Waals surface area contributed by atoms with Gasteiger partial charge in [0.15, 0.2) is 0 Å². The average molecular weight is 700 g/mol. The van der Waals surface area contributed by atoms with Gasteiger partial charge in [-0.25, -0.2) is 19.0 Å². The summed E-state index contributed by atoms with van der Waals surface area (Å²) in [5.74, 6) is -1.70. The van der Waals surface area contributed by atoms with E-state index in [4.69, 9.17) is 14.2 Å². The molecule has 0 aliphatic carbocycles. The van der Waals surface area contributed by atoms with Gasteiger partial charge < -0.3 is 29.1 Å². The Morgan fingerprint density at radius 1 is 1.19 bits per heavy atom. The molecule has 14 nitrogen and oxygen atoms in total. The Bertz CT molecular complexity index is 1710. The van der Waals surface area contributed by atoms with E-state index in [2.05, 4.69) is 34.6 Å². The third kappa shape index (κ3) is 6.51. The van der Waals surface area contributed by atoms with Crippen molar-refractivity contribution in [1.82, 2.24) is 19.5 Å². The van der Waals surface area contributed by atoms with E-state index in [1.54, 1.807) is 23.6 Å². The number of thioether (sulfide) groups is 1. The van der Waals surface area contributed by atoms with Crippen LogP contribution in [0.3, 0.4) is 0 Å². The van der Waals surface area contributed by atoms with Crippen molar-refractivity contribution in [2.45, 2.75) is 43.5 Å².